The molecule has 2 aliphatic rings. The average molecular weight is 445 g/mol. The number of hydrogen-bond acceptors (Lipinski definition) is 5. The molecule has 3 aromatic rings. The topological polar surface area (TPSA) is 66.8 Å². The van der Waals surface area contributed by atoms with E-state index in [1.54, 1.807) is 18.3 Å². The minimum atomic E-state index is -0.295. The van der Waals surface area contributed by atoms with E-state index in [9.17, 15) is 9.18 Å². The summed E-state index contributed by atoms with van der Waals surface area (Å²) in [5, 5.41) is 2.93. The maximum Gasteiger partial charge on any atom is 0.257 e. The van der Waals surface area contributed by atoms with E-state index in [0.29, 0.717) is 23.4 Å². The minimum absolute atomic E-state index is 0.240. The first-order valence-corrected chi connectivity index (χ1v) is 11.1. The van der Waals surface area contributed by atoms with Crippen LogP contribution < -0.4 is 5.32 Å². The fraction of sp³-hybridized carbons (Fsp3) is 0.269. The smallest absolute Gasteiger partial charge is 0.257 e. The molecule has 0 atom stereocenters. The largest absolute Gasteiger partial charge is 0.379 e. The molecule has 1 amide bonds. The molecule has 6 nitrogen and oxygen atoms in total. The zero-order valence-corrected chi connectivity index (χ0v) is 18.5. The highest BCUT2D eigenvalue weighted by Crippen LogP contribution is 2.33. The number of nitrogens with one attached hydrogen (secondary N) is 1. The highest BCUT2D eigenvalue weighted by atomic mass is 19.1. The van der Waals surface area contributed by atoms with Gasteiger partial charge in [0.15, 0.2) is 0 Å². The second-order valence-corrected chi connectivity index (χ2v) is 8.39. The molecule has 2 aromatic carbocycles. The normalized spacial score (nSPS) is 15.8. The first-order chi connectivity index (χ1) is 16.1. The van der Waals surface area contributed by atoms with Crippen molar-refractivity contribution >= 4 is 23.0 Å². The molecular formula is C26H25FN4O2. The Hall–Kier alpha value is -3.42. The summed E-state index contributed by atoms with van der Waals surface area (Å²) in [4.78, 5) is 24.6. The number of nitrogens with zero attached hydrogens (tertiary/aromatic N) is 3. The number of carbonyl (C=O) groups is 1. The van der Waals surface area contributed by atoms with E-state index in [2.05, 4.69) is 15.2 Å². The molecule has 0 saturated carbocycles. The molecule has 0 unspecified atom stereocenters. The van der Waals surface area contributed by atoms with Crippen LogP contribution in [0.4, 0.5) is 15.8 Å². The predicted octanol–water partition coefficient (Wildman–Crippen LogP) is 4.29. The van der Waals surface area contributed by atoms with E-state index < -0.39 is 0 Å². The van der Waals surface area contributed by atoms with E-state index in [1.165, 1.54) is 12.1 Å². The van der Waals surface area contributed by atoms with Crippen molar-refractivity contribution in [2.24, 2.45) is 4.99 Å². The number of hydrogen-bond donors (Lipinski definition) is 1. The number of ether oxygens (including phenoxy) is 1. The summed E-state index contributed by atoms with van der Waals surface area (Å²) < 4.78 is 19.2. The number of fused-ring (bicyclic) bond motifs is 1. The molecule has 3 heterocycles. The average Bonchev–Trinajstić information content (AvgIpc) is 3.27. The molecule has 0 spiro atoms. The fourth-order valence-electron chi connectivity index (χ4n) is 4.24. The van der Waals surface area contributed by atoms with Gasteiger partial charge < -0.3 is 10.1 Å². The van der Waals surface area contributed by atoms with Crippen molar-refractivity contribution < 1.29 is 13.9 Å². The van der Waals surface area contributed by atoms with Gasteiger partial charge in [0.1, 0.15) is 5.82 Å². The SMILES string of the molecule is Cc1ccc(F)cc1C1=Nc2c(cccc2C(=O)Nc2ccc(CN3CCOCC3)nc2)C1. The van der Waals surface area contributed by atoms with Crippen molar-refractivity contribution in [2.45, 2.75) is 19.9 Å². The lowest BCUT2D eigenvalue weighted by Gasteiger charge is -2.26. The zero-order chi connectivity index (χ0) is 22.8. The molecule has 33 heavy (non-hydrogen) atoms. The van der Waals surface area contributed by atoms with Gasteiger partial charge in [-0.1, -0.05) is 18.2 Å². The summed E-state index contributed by atoms with van der Waals surface area (Å²) in [7, 11) is 0. The molecule has 1 saturated heterocycles. The van der Waals surface area contributed by atoms with Gasteiger partial charge >= 0.3 is 0 Å². The number of amides is 1. The van der Waals surface area contributed by atoms with Gasteiger partial charge in [-0.15, -0.1) is 0 Å². The van der Waals surface area contributed by atoms with Crippen LogP contribution in [0.25, 0.3) is 0 Å². The number of aryl methyl sites for hydroxylation is 1. The molecule has 0 aliphatic carbocycles. The van der Waals surface area contributed by atoms with Crippen molar-refractivity contribution in [3.8, 4) is 0 Å². The molecule has 2 aliphatic heterocycles. The molecule has 0 radical (unpaired) electrons. The Balaban J connectivity index is 1.32. The summed E-state index contributed by atoms with van der Waals surface area (Å²) in [5.41, 5.74) is 6.19. The predicted molar refractivity (Wildman–Crippen MR) is 126 cm³/mol. The third-order valence-corrected chi connectivity index (χ3v) is 6.05. The third kappa shape index (κ3) is 4.69. The second kappa shape index (κ2) is 9.21. The fourth-order valence-corrected chi connectivity index (χ4v) is 4.24. The first-order valence-electron chi connectivity index (χ1n) is 11.1. The molecule has 1 aromatic heterocycles. The van der Waals surface area contributed by atoms with E-state index in [0.717, 1.165) is 60.9 Å². The lowest BCUT2D eigenvalue weighted by molar-refractivity contribution is 0.0336. The lowest BCUT2D eigenvalue weighted by atomic mass is 9.99. The van der Waals surface area contributed by atoms with Crippen LogP contribution in [0.15, 0.2) is 59.7 Å². The highest BCUT2D eigenvalue weighted by molar-refractivity contribution is 6.13. The van der Waals surface area contributed by atoms with Gasteiger partial charge in [-0.05, 0) is 48.4 Å². The van der Waals surface area contributed by atoms with Gasteiger partial charge in [0.25, 0.3) is 5.91 Å². The Labute approximate surface area is 192 Å². The summed E-state index contributed by atoms with van der Waals surface area (Å²) in [5.74, 6) is -0.535. The number of carbonyl (C=O) groups excluding carboxylic acids is 1. The number of para-hydroxylation sites is 1. The van der Waals surface area contributed by atoms with Crippen molar-refractivity contribution in [2.75, 3.05) is 31.6 Å². The van der Waals surface area contributed by atoms with Crippen LogP contribution in [0.5, 0.6) is 0 Å². The molecule has 7 heteroatoms. The Kier molecular flexibility index (Phi) is 5.98. The van der Waals surface area contributed by atoms with Crippen molar-refractivity contribution in [1.29, 1.82) is 0 Å². The maximum atomic E-state index is 13.8. The zero-order valence-electron chi connectivity index (χ0n) is 18.5. The van der Waals surface area contributed by atoms with Crippen molar-refractivity contribution in [3.63, 3.8) is 0 Å². The van der Waals surface area contributed by atoms with E-state index in [-0.39, 0.29) is 11.7 Å². The van der Waals surface area contributed by atoms with E-state index in [1.807, 2.05) is 31.2 Å². The van der Waals surface area contributed by atoms with Crippen LogP contribution in [-0.2, 0) is 17.7 Å². The summed E-state index contributed by atoms with van der Waals surface area (Å²) in [6.07, 6.45) is 2.25. The summed E-state index contributed by atoms with van der Waals surface area (Å²) in [6, 6.07) is 14.1. The molecule has 1 N–H and O–H groups in total. The summed E-state index contributed by atoms with van der Waals surface area (Å²) >= 11 is 0. The van der Waals surface area contributed by atoms with Gasteiger partial charge in [0.05, 0.1) is 47.8 Å². The van der Waals surface area contributed by atoms with E-state index in [4.69, 9.17) is 9.73 Å². The van der Waals surface area contributed by atoms with Crippen LogP contribution in [0.2, 0.25) is 0 Å². The van der Waals surface area contributed by atoms with Gasteiger partial charge in [-0.3, -0.25) is 19.7 Å². The lowest BCUT2D eigenvalue weighted by Crippen LogP contribution is -2.35. The number of rotatable bonds is 5. The van der Waals surface area contributed by atoms with Gasteiger partial charge in [-0.25, -0.2) is 4.39 Å². The van der Waals surface area contributed by atoms with E-state index >= 15 is 0 Å². The van der Waals surface area contributed by atoms with Crippen LogP contribution in [0, 0.1) is 12.7 Å². The molecular weight excluding hydrogens is 419 g/mol. The minimum Gasteiger partial charge on any atom is -0.379 e. The number of benzene rings is 2. The quantitative estimate of drug-likeness (QED) is 0.638. The Morgan fingerprint density at radius 3 is 2.79 bits per heavy atom. The van der Waals surface area contributed by atoms with Crippen molar-refractivity contribution in [1.82, 2.24) is 9.88 Å². The van der Waals surface area contributed by atoms with Crippen LogP contribution in [0.3, 0.4) is 0 Å². The van der Waals surface area contributed by atoms with Crippen LogP contribution >= 0.6 is 0 Å². The Morgan fingerprint density at radius 2 is 2.00 bits per heavy atom. The Bertz CT molecular complexity index is 1220. The van der Waals surface area contributed by atoms with Gasteiger partial charge in [-0.2, -0.15) is 0 Å². The number of pyridine rings is 1. The highest BCUT2D eigenvalue weighted by Gasteiger charge is 2.23. The Morgan fingerprint density at radius 1 is 1.15 bits per heavy atom. The van der Waals surface area contributed by atoms with Crippen molar-refractivity contribution in [3.05, 3.63) is 88.5 Å². The maximum absolute atomic E-state index is 13.8. The van der Waals surface area contributed by atoms with Crippen LogP contribution in [0.1, 0.15) is 32.7 Å². The standard InChI is InChI=1S/C26H25FN4O2/c1-17-5-6-19(27)14-23(17)24-13-18-3-2-4-22(25(18)30-24)26(32)29-20-7-8-21(28-15-20)16-31-9-11-33-12-10-31/h2-8,14-15H,9-13,16H2,1H3,(H,29,32). The monoisotopic (exact) mass is 444 g/mol. The number of halogens is 1. The molecule has 168 valence electrons. The molecule has 5 rings (SSSR count). The number of aromatic nitrogens is 1. The molecule has 0 bridgehead atoms. The molecule has 1 fully saturated rings. The summed E-state index contributed by atoms with van der Waals surface area (Å²) in [6.45, 7) is 6.00. The second-order valence-electron chi connectivity index (χ2n) is 8.39. The number of morpholine rings is 1. The first kappa shape index (κ1) is 21.4. The van der Waals surface area contributed by atoms with Gasteiger partial charge in [0.2, 0.25) is 0 Å². The van der Waals surface area contributed by atoms with Crippen LogP contribution in [-0.4, -0.2) is 47.8 Å². The van der Waals surface area contributed by atoms with Gasteiger partial charge in [0, 0.05) is 31.6 Å². The number of aliphatic imine (C=N–C) groups is 1. The third-order valence-electron chi connectivity index (χ3n) is 6.05. The number of anilines is 1.